The molecule has 0 aromatic heterocycles. The molecule has 8 heteroatoms. The predicted molar refractivity (Wildman–Crippen MR) is 134 cm³/mol. The molecule has 6 nitrogen and oxygen atoms in total. The van der Waals surface area contributed by atoms with E-state index in [1.807, 2.05) is 77.1 Å². The van der Waals surface area contributed by atoms with Crippen molar-refractivity contribution in [3.8, 4) is 0 Å². The summed E-state index contributed by atoms with van der Waals surface area (Å²) in [5.74, 6) is 0. The van der Waals surface area contributed by atoms with Gasteiger partial charge in [0.2, 0.25) is 10.0 Å². The molecule has 1 atom stereocenters. The van der Waals surface area contributed by atoms with Crippen molar-refractivity contribution in [3.05, 3.63) is 65.7 Å². The van der Waals surface area contributed by atoms with E-state index in [0.29, 0.717) is 43.9 Å². The summed E-state index contributed by atoms with van der Waals surface area (Å²) >= 11 is 0. The summed E-state index contributed by atoms with van der Waals surface area (Å²) < 4.78 is 47.1. The maximum Gasteiger partial charge on any atom is 0.458 e. The molecule has 2 aromatic carbocycles. The van der Waals surface area contributed by atoms with Crippen molar-refractivity contribution in [2.24, 2.45) is 5.41 Å². The number of rotatable bonds is 8. The highest BCUT2D eigenvalue weighted by atomic mass is 32.2. The third-order valence-corrected chi connectivity index (χ3v) is 9.34. The Hall–Kier alpha value is -1.71. The lowest BCUT2D eigenvalue weighted by atomic mass is 9.67. The van der Waals surface area contributed by atoms with Gasteiger partial charge in [-0.15, -0.1) is 0 Å². The topological polar surface area (TPSA) is 65.1 Å². The second-order valence-electron chi connectivity index (χ2n) is 10.8. The minimum Gasteiger partial charge on any atom is -0.403 e. The molecule has 1 unspecified atom stereocenters. The first kappa shape index (κ1) is 25.4. The zero-order valence-corrected chi connectivity index (χ0v) is 21.7. The fourth-order valence-electron chi connectivity index (χ4n) is 4.66. The minimum absolute atomic E-state index is 0.328. The van der Waals surface area contributed by atoms with E-state index in [4.69, 9.17) is 14.0 Å². The zero-order chi connectivity index (χ0) is 24.6. The van der Waals surface area contributed by atoms with Gasteiger partial charge in [-0.05, 0) is 65.1 Å². The summed E-state index contributed by atoms with van der Waals surface area (Å²) in [4.78, 5) is 0.328. The molecule has 0 bridgehead atoms. The molecule has 4 rings (SSSR count). The van der Waals surface area contributed by atoms with E-state index in [-0.39, 0.29) is 0 Å². The Morgan fingerprint density at radius 1 is 0.971 bits per heavy atom. The lowest BCUT2D eigenvalue weighted by molar-refractivity contribution is 0.00578. The summed E-state index contributed by atoms with van der Waals surface area (Å²) in [6.07, 6.45) is 1.27. The van der Waals surface area contributed by atoms with Crippen LogP contribution >= 0.6 is 0 Å². The molecule has 0 N–H and O–H groups in total. The molecular weight excluding hydrogens is 449 g/mol. The maximum atomic E-state index is 13.4. The van der Waals surface area contributed by atoms with E-state index >= 15 is 0 Å². The van der Waals surface area contributed by atoms with Crippen molar-refractivity contribution in [1.29, 1.82) is 0 Å². The quantitative estimate of drug-likeness (QED) is 0.508. The molecule has 2 saturated heterocycles. The molecule has 184 valence electrons. The van der Waals surface area contributed by atoms with Crippen LogP contribution in [0.3, 0.4) is 0 Å². The smallest absolute Gasteiger partial charge is 0.403 e. The summed E-state index contributed by atoms with van der Waals surface area (Å²) in [7, 11) is -4.00. The number of nitrogens with zero attached hydrogens (tertiary/aromatic N) is 1. The van der Waals surface area contributed by atoms with Crippen LogP contribution < -0.4 is 0 Å². The molecule has 2 fully saturated rings. The van der Waals surface area contributed by atoms with Crippen LogP contribution in [0.4, 0.5) is 0 Å². The van der Waals surface area contributed by atoms with Crippen molar-refractivity contribution in [2.45, 2.75) is 70.1 Å². The van der Waals surface area contributed by atoms with Crippen LogP contribution in [0.15, 0.2) is 59.5 Å². The molecular formula is C26H36BNO5S. The van der Waals surface area contributed by atoms with Crippen LogP contribution in [0.1, 0.15) is 45.2 Å². The van der Waals surface area contributed by atoms with E-state index in [2.05, 4.69) is 0 Å². The van der Waals surface area contributed by atoms with Crippen LogP contribution in [0.25, 0.3) is 0 Å². The summed E-state index contributed by atoms with van der Waals surface area (Å²) in [6, 6.07) is 17.1. The Balaban J connectivity index is 1.52. The number of hydrogen-bond acceptors (Lipinski definition) is 5. The average molecular weight is 485 g/mol. The SMILES string of the molecule is Cc1ccc(S(=O)(=O)N2CCC(COCc3ccccc3)(CB3OC(C)(C)C(C)(C)O3)C2)cc1. The largest absolute Gasteiger partial charge is 0.458 e. The summed E-state index contributed by atoms with van der Waals surface area (Å²) in [5, 5.41) is 0. The molecule has 2 heterocycles. The average Bonchev–Trinajstić information content (AvgIpc) is 3.27. The Labute approximate surface area is 204 Å². The Morgan fingerprint density at radius 3 is 2.21 bits per heavy atom. The van der Waals surface area contributed by atoms with E-state index in [9.17, 15) is 8.42 Å². The van der Waals surface area contributed by atoms with Crippen molar-refractivity contribution >= 4 is 17.1 Å². The standard InChI is InChI=1S/C26H36BNO5S/c1-21-11-13-23(14-12-21)34(29,30)28-16-15-26(19-28,20-31-17-22-9-7-6-8-10-22)18-27-32-24(2,3)25(4,5)33-27/h6-14H,15-20H2,1-5H3. The number of benzene rings is 2. The number of aryl methyl sites for hydroxylation is 1. The van der Waals surface area contributed by atoms with Gasteiger partial charge >= 0.3 is 7.12 Å². The molecule has 0 spiro atoms. The number of sulfonamides is 1. The molecule has 34 heavy (non-hydrogen) atoms. The summed E-state index contributed by atoms with van der Waals surface area (Å²) in [6.45, 7) is 11.8. The van der Waals surface area contributed by atoms with Gasteiger partial charge in [0.25, 0.3) is 0 Å². The van der Waals surface area contributed by atoms with Crippen molar-refractivity contribution < 1.29 is 22.5 Å². The van der Waals surface area contributed by atoms with Crippen molar-refractivity contribution in [1.82, 2.24) is 4.31 Å². The van der Waals surface area contributed by atoms with Crippen molar-refractivity contribution in [2.75, 3.05) is 19.7 Å². The highest BCUT2D eigenvalue weighted by Gasteiger charge is 2.55. The van der Waals surface area contributed by atoms with Crippen molar-refractivity contribution in [3.63, 3.8) is 0 Å². The molecule has 0 saturated carbocycles. The van der Waals surface area contributed by atoms with Crippen LogP contribution in [0, 0.1) is 12.3 Å². The van der Waals surface area contributed by atoms with E-state index in [0.717, 1.165) is 11.1 Å². The fraction of sp³-hybridized carbons (Fsp3) is 0.538. The van der Waals surface area contributed by atoms with Gasteiger partial charge in [-0.25, -0.2) is 8.42 Å². The van der Waals surface area contributed by atoms with Gasteiger partial charge in [0.05, 0.1) is 29.3 Å². The highest BCUT2D eigenvalue weighted by Crippen LogP contribution is 2.44. The molecule has 0 radical (unpaired) electrons. The molecule has 0 aliphatic carbocycles. The minimum atomic E-state index is -3.59. The van der Waals surface area contributed by atoms with Gasteiger partial charge in [0, 0.05) is 18.5 Å². The van der Waals surface area contributed by atoms with Crippen LogP contribution in [-0.2, 0) is 30.7 Å². The normalized spacial score (nSPS) is 24.6. The molecule has 2 aromatic rings. The van der Waals surface area contributed by atoms with E-state index in [1.165, 1.54) is 0 Å². The van der Waals surface area contributed by atoms with Gasteiger partial charge in [-0.2, -0.15) is 4.31 Å². The highest BCUT2D eigenvalue weighted by molar-refractivity contribution is 7.89. The molecule has 0 amide bonds. The van der Waals surface area contributed by atoms with Gasteiger partial charge < -0.3 is 14.0 Å². The number of ether oxygens (including phenoxy) is 1. The zero-order valence-electron chi connectivity index (χ0n) is 20.9. The first-order valence-corrected chi connectivity index (χ1v) is 13.4. The molecule has 2 aliphatic heterocycles. The first-order valence-electron chi connectivity index (χ1n) is 12.0. The Morgan fingerprint density at radius 2 is 1.59 bits per heavy atom. The van der Waals surface area contributed by atoms with E-state index < -0.39 is 33.8 Å². The Bertz CT molecular complexity index is 1070. The first-order chi connectivity index (χ1) is 15.9. The van der Waals surface area contributed by atoms with Crippen LogP contribution in [-0.4, -0.2) is 50.7 Å². The lowest BCUT2D eigenvalue weighted by Crippen LogP contribution is -2.41. The maximum absolute atomic E-state index is 13.4. The van der Waals surface area contributed by atoms with Crippen LogP contribution in [0.2, 0.25) is 6.32 Å². The second-order valence-corrected chi connectivity index (χ2v) is 12.7. The Kier molecular flexibility index (Phi) is 7.01. The monoisotopic (exact) mass is 485 g/mol. The fourth-order valence-corrected chi connectivity index (χ4v) is 6.22. The van der Waals surface area contributed by atoms with Gasteiger partial charge in [0.15, 0.2) is 0 Å². The third-order valence-electron chi connectivity index (χ3n) is 7.48. The number of hydrogen-bond donors (Lipinski definition) is 0. The van der Waals surface area contributed by atoms with Gasteiger partial charge in [-0.3, -0.25) is 0 Å². The van der Waals surface area contributed by atoms with Gasteiger partial charge in [-0.1, -0.05) is 48.0 Å². The van der Waals surface area contributed by atoms with Crippen LogP contribution in [0.5, 0.6) is 0 Å². The third kappa shape index (κ3) is 5.26. The molecule has 2 aliphatic rings. The lowest BCUT2D eigenvalue weighted by Gasteiger charge is -2.32. The second kappa shape index (κ2) is 9.39. The predicted octanol–water partition coefficient (Wildman–Crippen LogP) is 4.68. The van der Waals surface area contributed by atoms with Gasteiger partial charge in [0.1, 0.15) is 0 Å². The summed E-state index contributed by atoms with van der Waals surface area (Å²) in [5.41, 5.74) is 0.861. The van der Waals surface area contributed by atoms with E-state index in [1.54, 1.807) is 16.4 Å².